The van der Waals surface area contributed by atoms with Crippen molar-refractivity contribution >= 4 is 23.4 Å². The van der Waals surface area contributed by atoms with Crippen molar-refractivity contribution in [2.24, 2.45) is 0 Å². The van der Waals surface area contributed by atoms with Gasteiger partial charge in [0.1, 0.15) is 5.75 Å². The molecule has 4 aromatic rings. The monoisotopic (exact) mass is 445 g/mol. The van der Waals surface area contributed by atoms with Crippen LogP contribution in [0.1, 0.15) is 12.5 Å². The predicted molar refractivity (Wildman–Crippen MR) is 126 cm³/mol. The van der Waals surface area contributed by atoms with Crippen molar-refractivity contribution < 1.29 is 9.53 Å². The van der Waals surface area contributed by atoms with E-state index in [1.807, 2.05) is 79.1 Å². The van der Waals surface area contributed by atoms with Crippen molar-refractivity contribution in [2.75, 3.05) is 17.7 Å². The Morgan fingerprint density at radius 1 is 1.06 bits per heavy atom. The average molecular weight is 446 g/mol. The lowest BCUT2D eigenvalue weighted by Gasteiger charge is -2.11. The summed E-state index contributed by atoms with van der Waals surface area (Å²) < 4.78 is 7.38. The first kappa shape index (κ1) is 21.6. The molecular weight excluding hydrogens is 422 g/mol. The van der Waals surface area contributed by atoms with Crippen LogP contribution in [0.5, 0.6) is 5.75 Å². The highest BCUT2D eigenvalue weighted by Crippen LogP contribution is 2.28. The molecule has 0 radical (unpaired) electrons. The fraction of sp³-hybridized carbons (Fsp3) is 0.167. The Kier molecular flexibility index (Phi) is 6.81. The smallest absolute Gasteiger partial charge is 0.234 e. The number of carbonyl (C=O) groups is 1. The van der Waals surface area contributed by atoms with Crippen molar-refractivity contribution in [3.8, 4) is 22.8 Å². The third-order valence-electron chi connectivity index (χ3n) is 4.63. The van der Waals surface area contributed by atoms with Crippen molar-refractivity contribution in [3.05, 3.63) is 78.6 Å². The number of carbonyl (C=O) groups excluding carboxylic acids is 1. The lowest BCUT2D eigenvalue weighted by Crippen LogP contribution is -2.14. The van der Waals surface area contributed by atoms with Gasteiger partial charge >= 0.3 is 0 Å². The van der Waals surface area contributed by atoms with E-state index in [9.17, 15) is 4.79 Å². The second-order valence-corrected chi connectivity index (χ2v) is 7.96. The van der Waals surface area contributed by atoms with E-state index < -0.39 is 0 Å². The van der Waals surface area contributed by atoms with Crippen molar-refractivity contribution in [3.63, 3.8) is 0 Å². The molecule has 4 rings (SSSR count). The topological polar surface area (TPSA) is 81.9 Å². The number of thioether (sulfide) groups is 1. The Morgan fingerprint density at radius 2 is 1.84 bits per heavy atom. The summed E-state index contributed by atoms with van der Waals surface area (Å²) in [5, 5.41) is 12.3. The van der Waals surface area contributed by atoms with Crippen molar-refractivity contribution in [1.29, 1.82) is 0 Å². The number of hydrogen-bond donors (Lipinski definition) is 1. The number of anilines is 1. The summed E-state index contributed by atoms with van der Waals surface area (Å²) in [5.74, 6) is 1.52. The van der Waals surface area contributed by atoms with Crippen LogP contribution in [0, 0.1) is 6.92 Å². The fourth-order valence-corrected chi connectivity index (χ4v) is 3.85. The summed E-state index contributed by atoms with van der Waals surface area (Å²) in [6.07, 6.45) is 3.47. The van der Waals surface area contributed by atoms with E-state index in [0.717, 1.165) is 28.3 Å². The number of rotatable bonds is 8. The molecule has 0 unspecified atom stereocenters. The molecule has 1 N–H and O–H groups in total. The zero-order chi connectivity index (χ0) is 22.3. The second-order valence-electron chi connectivity index (χ2n) is 7.01. The predicted octanol–water partition coefficient (Wildman–Crippen LogP) is 4.77. The minimum Gasteiger partial charge on any atom is -0.494 e. The van der Waals surface area contributed by atoms with Crippen LogP contribution in [0.3, 0.4) is 0 Å². The first-order valence-electron chi connectivity index (χ1n) is 10.2. The average Bonchev–Trinajstić information content (AvgIpc) is 3.24. The Bertz CT molecular complexity index is 1180. The van der Waals surface area contributed by atoms with Gasteiger partial charge in [0.25, 0.3) is 0 Å². The molecule has 8 heteroatoms. The number of aromatic nitrogens is 4. The molecule has 2 aromatic carbocycles. The second kappa shape index (κ2) is 10.1. The maximum Gasteiger partial charge on any atom is 0.234 e. The molecule has 0 saturated carbocycles. The van der Waals surface area contributed by atoms with Gasteiger partial charge in [0, 0.05) is 29.3 Å². The minimum absolute atomic E-state index is 0.124. The number of nitrogens with one attached hydrogen (secondary N) is 1. The minimum atomic E-state index is -0.124. The van der Waals surface area contributed by atoms with Crippen LogP contribution >= 0.6 is 11.8 Å². The maximum absolute atomic E-state index is 12.5. The van der Waals surface area contributed by atoms with E-state index in [4.69, 9.17) is 4.74 Å². The molecule has 32 heavy (non-hydrogen) atoms. The summed E-state index contributed by atoms with van der Waals surface area (Å²) >= 11 is 1.33. The lowest BCUT2D eigenvalue weighted by molar-refractivity contribution is -0.113. The Morgan fingerprint density at radius 3 is 2.53 bits per heavy atom. The summed E-state index contributed by atoms with van der Waals surface area (Å²) in [7, 11) is 0. The quantitative estimate of drug-likeness (QED) is 0.394. The van der Waals surface area contributed by atoms with E-state index in [2.05, 4.69) is 20.5 Å². The van der Waals surface area contributed by atoms with Gasteiger partial charge in [-0.05, 0) is 62.4 Å². The van der Waals surface area contributed by atoms with Gasteiger partial charge < -0.3 is 10.1 Å². The third kappa shape index (κ3) is 5.15. The molecule has 0 bridgehead atoms. The van der Waals surface area contributed by atoms with Gasteiger partial charge in [-0.1, -0.05) is 29.5 Å². The molecule has 0 spiro atoms. The molecule has 162 valence electrons. The molecule has 2 heterocycles. The van der Waals surface area contributed by atoms with Crippen LogP contribution in [0.25, 0.3) is 17.1 Å². The maximum atomic E-state index is 12.5. The molecule has 0 aliphatic rings. The van der Waals surface area contributed by atoms with Crippen molar-refractivity contribution in [2.45, 2.75) is 19.0 Å². The van der Waals surface area contributed by atoms with Gasteiger partial charge in [-0.15, -0.1) is 10.2 Å². The zero-order valence-electron chi connectivity index (χ0n) is 17.9. The van der Waals surface area contributed by atoms with Gasteiger partial charge in [-0.2, -0.15) is 0 Å². The summed E-state index contributed by atoms with van der Waals surface area (Å²) in [6.45, 7) is 4.58. The highest BCUT2D eigenvalue weighted by molar-refractivity contribution is 7.99. The Labute approximate surface area is 190 Å². The molecule has 1 amide bonds. The number of ether oxygens (including phenoxy) is 1. The Balaban J connectivity index is 1.52. The molecular formula is C24H23N5O2S. The number of aryl methyl sites for hydroxylation is 1. The summed E-state index contributed by atoms with van der Waals surface area (Å²) in [4.78, 5) is 16.7. The largest absolute Gasteiger partial charge is 0.494 e. The first-order chi connectivity index (χ1) is 15.6. The molecule has 7 nitrogen and oxygen atoms in total. The number of amides is 1. The molecule has 0 aliphatic carbocycles. The summed E-state index contributed by atoms with van der Waals surface area (Å²) in [5.41, 5.74) is 3.66. The number of pyridine rings is 1. The molecule has 0 fully saturated rings. The lowest BCUT2D eigenvalue weighted by atomic mass is 10.2. The van der Waals surface area contributed by atoms with Gasteiger partial charge in [-0.25, -0.2) is 0 Å². The van der Waals surface area contributed by atoms with E-state index in [1.165, 1.54) is 11.8 Å². The molecule has 2 aromatic heterocycles. The van der Waals surface area contributed by atoms with Crippen LogP contribution in [-0.2, 0) is 4.79 Å². The van der Waals surface area contributed by atoms with E-state index >= 15 is 0 Å². The molecule has 0 saturated heterocycles. The van der Waals surface area contributed by atoms with Crippen LogP contribution < -0.4 is 10.1 Å². The summed E-state index contributed by atoms with van der Waals surface area (Å²) in [6, 6.07) is 19.2. The third-order valence-corrected chi connectivity index (χ3v) is 5.56. The zero-order valence-corrected chi connectivity index (χ0v) is 18.7. The van der Waals surface area contributed by atoms with Crippen LogP contribution in [0.15, 0.2) is 78.2 Å². The molecule has 0 aliphatic heterocycles. The highest BCUT2D eigenvalue weighted by atomic mass is 32.2. The van der Waals surface area contributed by atoms with Crippen LogP contribution in [-0.4, -0.2) is 38.0 Å². The van der Waals surface area contributed by atoms with Gasteiger partial charge in [-0.3, -0.25) is 14.3 Å². The number of benzene rings is 2. The van der Waals surface area contributed by atoms with Gasteiger partial charge in [0.15, 0.2) is 11.0 Å². The van der Waals surface area contributed by atoms with E-state index in [1.54, 1.807) is 12.4 Å². The van der Waals surface area contributed by atoms with Crippen LogP contribution in [0.4, 0.5) is 5.69 Å². The normalized spacial score (nSPS) is 10.7. The van der Waals surface area contributed by atoms with E-state index in [0.29, 0.717) is 17.6 Å². The van der Waals surface area contributed by atoms with Gasteiger partial charge in [0.05, 0.1) is 12.4 Å². The number of nitrogens with zero attached hydrogens (tertiary/aromatic N) is 4. The standard InChI is InChI=1S/C24H23N5O2S/c1-3-31-21-12-8-19(9-13-21)26-22(30)16-32-24-28-27-23(18-5-4-14-25-15-18)29(24)20-10-6-17(2)7-11-20/h4-15H,3,16H2,1-2H3,(H,26,30). The number of hydrogen-bond acceptors (Lipinski definition) is 6. The van der Waals surface area contributed by atoms with Crippen LogP contribution in [0.2, 0.25) is 0 Å². The first-order valence-corrected chi connectivity index (χ1v) is 11.2. The van der Waals surface area contributed by atoms with E-state index in [-0.39, 0.29) is 11.7 Å². The molecule has 0 atom stereocenters. The van der Waals surface area contributed by atoms with Crippen molar-refractivity contribution in [1.82, 2.24) is 19.7 Å². The highest BCUT2D eigenvalue weighted by Gasteiger charge is 2.17. The fourth-order valence-electron chi connectivity index (χ4n) is 3.10. The van der Waals surface area contributed by atoms with Gasteiger partial charge in [0.2, 0.25) is 5.91 Å². The Hall–Kier alpha value is -3.65. The SMILES string of the molecule is CCOc1ccc(NC(=O)CSc2nnc(-c3cccnc3)n2-c2ccc(C)cc2)cc1.